The van der Waals surface area contributed by atoms with Gasteiger partial charge in [-0.3, -0.25) is 14.5 Å². The number of benzene rings is 3. The number of nitrogens with one attached hydrogen (secondary N) is 2. The number of anilines is 1. The quantitative estimate of drug-likeness (QED) is 0.322. The number of piperazine rings is 1. The van der Waals surface area contributed by atoms with E-state index >= 15 is 0 Å². The van der Waals surface area contributed by atoms with Crippen LogP contribution in [0.3, 0.4) is 0 Å². The lowest BCUT2D eigenvalue weighted by molar-refractivity contribution is 0.0949. The summed E-state index contributed by atoms with van der Waals surface area (Å²) in [5.74, 6) is -0.0210. The smallest absolute Gasteiger partial charge is 0.255 e. The van der Waals surface area contributed by atoms with E-state index in [4.69, 9.17) is 4.42 Å². The van der Waals surface area contributed by atoms with Gasteiger partial charge in [-0.1, -0.05) is 42.5 Å². The maximum Gasteiger partial charge on any atom is 0.255 e. The molecule has 4 aromatic rings. The van der Waals surface area contributed by atoms with Gasteiger partial charge >= 0.3 is 0 Å². The minimum absolute atomic E-state index is 0.239. The molecule has 0 saturated carbocycles. The predicted molar refractivity (Wildman–Crippen MR) is 151 cm³/mol. The minimum Gasteiger partial charge on any atom is -0.467 e. The van der Waals surface area contributed by atoms with E-state index in [0.29, 0.717) is 60.2 Å². The number of rotatable bonds is 9. The van der Waals surface area contributed by atoms with Gasteiger partial charge in [0, 0.05) is 38.3 Å². The summed E-state index contributed by atoms with van der Waals surface area (Å²) < 4.78 is 32.6. The maximum atomic E-state index is 13.1. The second kappa shape index (κ2) is 12.3. The fourth-order valence-corrected chi connectivity index (χ4v) is 6.04. The Kier molecular flexibility index (Phi) is 8.40. The predicted octanol–water partition coefficient (Wildman–Crippen LogP) is 3.97. The Hall–Kier alpha value is -4.25. The number of nitrogens with zero attached hydrogens (tertiary/aromatic N) is 2. The van der Waals surface area contributed by atoms with Crippen molar-refractivity contribution >= 4 is 27.5 Å². The number of sulfonamides is 1. The molecule has 0 bridgehead atoms. The van der Waals surface area contributed by atoms with Gasteiger partial charge in [0.25, 0.3) is 11.8 Å². The monoisotopic (exact) mass is 558 g/mol. The van der Waals surface area contributed by atoms with Crippen LogP contribution in [0.2, 0.25) is 0 Å². The molecular formula is C30H30N4O5S. The lowest BCUT2D eigenvalue weighted by atomic mass is 10.1. The SMILES string of the molecule is O=C(Nc1ccccc1C(=O)NCc1ccco1)c1cccc(CN2CCN(S(=O)(=O)c3ccccc3)CC2)c1. The van der Waals surface area contributed by atoms with Gasteiger partial charge in [-0.05, 0) is 54.1 Å². The van der Waals surface area contributed by atoms with Crippen molar-refractivity contribution in [1.29, 1.82) is 0 Å². The standard InChI is InChI=1S/C30H30N4O5S/c35-29(32-28-14-5-4-13-27(28)30(36)31-21-25-10-7-19-39-25)24-9-6-8-23(20-24)22-33-15-17-34(18-16-33)40(37,38)26-11-2-1-3-12-26/h1-14,19-20H,15-18,21-22H2,(H,31,36)(H,32,35). The van der Waals surface area contributed by atoms with Gasteiger partial charge in [0.2, 0.25) is 10.0 Å². The average Bonchev–Trinajstić information content (AvgIpc) is 3.51. The summed E-state index contributed by atoms with van der Waals surface area (Å²) in [7, 11) is -3.51. The van der Waals surface area contributed by atoms with E-state index in [1.165, 1.54) is 4.31 Å². The largest absolute Gasteiger partial charge is 0.467 e. The molecule has 1 saturated heterocycles. The molecule has 0 radical (unpaired) electrons. The van der Waals surface area contributed by atoms with Gasteiger partial charge < -0.3 is 15.1 Å². The van der Waals surface area contributed by atoms with E-state index in [9.17, 15) is 18.0 Å². The Morgan fingerprint density at radius 3 is 2.30 bits per heavy atom. The molecule has 1 aliphatic rings. The average molecular weight is 559 g/mol. The third-order valence-electron chi connectivity index (χ3n) is 6.73. The van der Waals surface area contributed by atoms with Crippen molar-refractivity contribution < 1.29 is 22.4 Å². The number of carbonyl (C=O) groups is 2. The van der Waals surface area contributed by atoms with Crippen molar-refractivity contribution in [1.82, 2.24) is 14.5 Å². The molecule has 2 N–H and O–H groups in total. The number of amides is 2. The van der Waals surface area contributed by atoms with Gasteiger partial charge in [-0.15, -0.1) is 0 Å². The number of hydrogen-bond donors (Lipinski definition) is 2. The third-order valence-corrected chi connectivity index (χ3v) is 8.64. The van der Waals surface area contributed by atoms with Crippen LogP contribution in [0.15, 0.2) is 107 Å². The molecular weight excluding hydrogens is 528 g/mol. The molecule has 2 amide bonds. The maximum absolute atomic E-state index is 13.1. The van der Waals surface area contributed by atoms with Crippen LogP contribution in [0.4, 0.5) is 5.69 Å². The third kappa shape index (κ3) is 6.48. The Morgan fingerprint density at radius 1 is 0.800 bits per heavy atom. The molecule has 0 aliphatic carbocycles. The molecule has 0 unspecified atom stereocenters. The van der Waals surface area contributed by atoms with Gasteiger partial charge in [0.05, 0.1) is 29.0 Å². The van der Waals surface area contributed by atoms with Crippen molar-refractivity contribution in [3.63, 3.8) is 0 Å². The number of carbonyl (C=O) groups excluding carboxylic acids is 2. The first kappa shape index (κ1) is 27.3. The minimum atomic E-state index is -3.51. The number of para-hydroxylation sites is 1. The van der Waals surface area contributed by atoms with E-state index in [-0.39, 0.29) is 18.4 Å². The molecule has 0 atom stereocenters. The highest BCUT2D eigenvalue weighted by molar-refractivity contribution is 7.89. The fourth-order valence-electron chi connectivity index (χ4n) is 4.60. The van der Waals surface area contributed by atoms with E-state index in [0.717, 1.165) is 5.56 Å². The zero-order valence-electron chi connectivity index (χ0n) is 21.8. The van der Waals surface area contributed by atoms with Crippen molar-refractivity contribution in [3.05, 3.63) is 120 Å². The first-order valence-electron chi connectivity index (χ1n) is 13.0. The summed E-state index contributed by atoms with van der Waals surface area (Å²) in [6, 6.07) is 26.1. The molecule has 1 aliphatic heterocycles. The Labute approximate surface area is 233 Å². The second-order valence-electron chi connectivity index (χ2n) is 9.46. The zero-order valence-corrected chi connectivity index (χ0v) is 22.6. The second-order valence-corrected chi connectivity index (χ2v) is 11.4. The highest BCUT2D eigenvalue weighted by Gasteiger charge is 2.28. The highest BCUT2D eigenvalue weighted by atomic mass is 32.2. The summed E-state index contributed by atoms with van der Waals surface area (Å²) in [4.78, 5) is 28.4. The van der Waals surface area contributed by atoms with Gasteiger partial charge in [-0.2, -0.15) is 4.31 Å². The Bertz CT molecular complexity index is 1560. The van der Waals surface area contributed by atoms with Crippen LogP contribution in [0.25, 0.3) is 0 Å². The van der Waals surface area contributed by atoms with Crippen molar-refractivity contribution in [2.45, 2.75) is 18.0 Å². The molecule has 206 valence electrons. The molecule has 10 heteroatoms. The molecule has 40 heavy (non-hydrogen) atoms. The summed E-state index contributed by atoms with van der Waals surface area (Å²) in [5.41, 5.74) is 2.16. The van der Waals surface area contributed by atoms with E-state index in [1.807, 2.05) is 18.2 Å². The highest BCUT2D eigenvalue weighted by Crippen LogP contribution is 2.20. The first-order chi connectivity index (χ1) is 19.4. The van der Waals surface area contributed by atoms with Crippen LogP contribution < -0.4 is 10.6 Å². The normalized spacial score (nSPS) is 14.5. The van der Waals surface area contributed by atoms with Crippen molar-refractivity contribution in [3.8, 4) is 0 Å². The molecule has 2 heterocycles. The van der Waals surface area contributed by atoms with Gasteiger partial charge in [0.1, 0.15) is 5.76 Å². The van der Waals surface area contributed by atoms with Gasteiger partial charge in [-0.25, -0.2) is 8.42 Å². The lowest BCUT2D eigenvalue weighted by Crippen LogP contribution is -2.48. The molecule has 3 aromatic carbocycles. The van der Waals surface area contributed by atoms with Crippen LogP contribution in [0.5, 0.6) is 0 Å². The first-order valence-corrected chi connectivity index (χ1v) is 14.4. The lowest BCUT2D eigenvalue weighted by Gasteiger charge is -2.34. The van der Waals surface area contributed by atoms with E-state index < -0.39 is 10.0 Å². The van der Waals surface area contributed by atoms with Crippen LogP contribution in [-0.2, 0) is 23.1 Å². The molecule has 9 nitrogen and oxygen atoms in total. The number of furan rings is 1. The Balaban J connectivity index is 1.19. The molecule has 1 aromatic heterocycles. The summed E-state index contributed by atoms with van der Waals surface area (Å²) >= 11 is 0. The molecule has 0 spiro atoms. The van der Waals surface area contributed by atoms with Crippen LogP contribution in [-0.4, -0.2) is 55.6 Å². The van der Waals surface area contributed by atoms with Gasteiger partial charge in [0.15, 0.2) is 0 Å². The van der Waals surface area contributed by atoms with Crippen LogP contribution >= 0.6 is 0 Å². The molecule has 5 rings (SSSR count). The Morgan fingerprint density at radius 2 is 1.55 bits per heavy atom. The summed E-state index contributed by atoms with van der Waals surface area (Å²) in [6.07, 6.45) is 1.54. The van der Waals surface area contributed by atoms with Crippen molar-refractivity contribution in [2.75, 3.05) is 31.5 Å². The summed E-state index contributed by atoms with van der Waals surface area (Å²) in [6.45, 7) is 2.80. The van der Waals surface area contributed by atoms with E-state index in [2.05, 4.69) is 15.5 Å². The number of hydrogen-bond acceptors (Lipinski definition) is 6. The molecule has 1 fully saturated rings. The van der Waals surface area contributed by atoms with Crippen LogP contribution in [0, 0.1) is 0 Å². The van der Waals surface area contributed by atoms with Crippen LogP contribution in [0.1, 0.15) is 32.0 Å². The fraction of sp³-hybridized carbons (Fsp3) is 0.200. The zero-order chi connectivity index (χ0) is 28.0. The van der Waals surface area contributed by atoms with E-state index in [1.54, 1.807) is 79.1 Å². The van der Waals surface area contributed by atoms with Crippen molar-refractivity contribution in [2.24, 2.45) is 0 Å². The summed E-state index contributed by atoms with van der Waals surface area (Å²) in [5, 5.41) is 5.66. The topological polar surface area (TPSA) is 112 Å².